The quantitative estimate of drug-likeness (QED) is 0.827. The number of hydrogen-bond donors (Lipinski definition) is 2. The molecule has 2 aliphatic rings. The summed E-state index contributed by atoms with van der Waals surface area (Å²) in [6, 6.07) is 11.2. The van der Waals surface area contributed by atoms with Gasteiger partial charge in [-0.1, -0.05) is 30.3 Å². The van der Waals surface area contributed by atoms with Crippen LogP contribution in [-0.4, -0.2) is 40.6 Å². The van der Waals surface area contributed by atoms with E-state index in [4.69, 9.17) is 10.5 Å². The molecular weight excluding hydrogens is 326 g/mol. The number of nitrogens with two attached hydrogens (primary N) is 1. The smallest absolute Gasteiger partial charge is 0.146 e. The molecule has 1 aliphatic heterocycles. The first-order chi connectivity index (χ1) is 12.7. The van der Waals surface area contributed by atoms with Gasteiger partial charge in [0.25, 0.3) is 0 Å². The number of aromatic nitrogens is 3. The zero-order chi connectivity index (χ0) is 18.0. The average Bonchev–Trinajstić information content (AvgIpc) is 3.01. The Morgan fingerprint density at radius 1 is 1.19 bits per heavy atom. The van der Waals surface area contributed by atoms with Crippen LogP contribution in [0.5, 0.6) is 0 Å². The summed E-state index contributed by atoms with van der Waals surface area (Å²) in [5.41, 5.74) is 7.46. The van der Waals surface area contributed by atoms with E-state index in [9.17, 15) is 0 Å². The highest BCUT2D eigenvalue weighted by Gasteiger charge is 2.34. The molecular formula is C20H29N5O. The van der Waals surface area contributed by atoms with Gasteiger partial charge in [0.05, 0.1) is 6.54 Å². The molecule has 0 spiro atoms. The summed E-state index contributed by atoms with van der Waals surface area (Å²) in [6.45, 7) is 3.31. The van der Waals surface area contributed by atoms with E-state index < -0.39 is 0 Å². The lowest BCUT2D eigenvalue weighted by atomic mass is 9.74. The number of ether oxygens (including phenoxy) is 1. The standard InChI is InChI=1S/C20H29N5O/c1-25-18(23-24-19(25)15-11-17(21)12-15)13-22-14-20(7-9-26-10-8-20)16-5-3-2-4-6-16/h2-6,15,17,22H,7-14,21H2,1H3. The van der Waals surface area contributed by atoms with Gasteiger partial charge in [-0.25, -0.2) is 0 Å². The highest BCUT2D eigenvalue weighted by molar-refractivity contribution is 5.26. The van der Waals surface area contributed by atoms with Crippen LogP contribution in [0.15, 0.2) is 30.3 Å². The largest absolute Gasteiger partial charge is 0.381 e. The molecule has 2 heterocycles. The third-order valence-electron chi connectivity index (χ3n) is 6.12. The molecule has 1 saturated heterocycles. The minimum Gasteiger partial charge on any atom is -0.381 e. The van der Waals surface area contributed by atoms with Gasteiger partial charge < -0.3 is 20.4 Å². The summed E-state index contributed by atoms with van der Waals surface area (Å²) in [5, 5.41) is 12.5. The Labute approximate surface area is 155 Å². The predicted molar refractivity (Wildman–Crippen MR) is 101 cm³/mol. The van der Waals surface area contributed by atoms with Crippen molar-refractivity contribution in [1.29, 1.82) is 0 Å². The van der Waals surface area contributed by atoms with Crippen molar-refractivity contribution in [1.82, 2.24) is 20.1 Å². The lowest BCUT2D eigenvalue weighted by Gasteiger charge is -2.38. The predicted octanol–water partition coefficient (Wildman–Crippen LogP) is 1.86. The van der Waals surface area contributed by atoms with Crippen LogP contribution >= 0.6 is 0 Å². The van der Waals surface area contributed by atoms with E-state index in [1.54, 1.807) is 0 Å². The van der Waals surface area contributed by atoms with Crippen molar-refractivity contribution in [3.8, 4) is 0 Å². The van der Waals surface area contributed by atoms with Crippen LogP contribution < -0.4 is 11.1 Å². The lowest BCUT2D eigenvalue weighted by Crippen LogP contribution is -2.42. The Kier molecular flexibility index (Phi) is 5.07. The summed E-state index contributed by atoms with van der Waals surface area (Å²) in [5.74, 6) is 2.55. The van der Waals surface area contributed by atoms with Crippen LogP contribution in [0.3, 0.4) is 0 Å². The highest BCUT2D eigenvalue weighted by atomic mass is 16.5. The number of nitrogens with one attached hydrogen (secondary N) is 1. The zero-order valence-electron chi connectivity index (χ0n) is 15.5. The summed E-state index contributed by atoms with van der Waals surface area (Å²) in [7, 11) is 2.07. The highest BCUT2D eigenvalue weighted by Crippen LogP contribution is 2.35. The van der Waals surface area contributed by atoms with Gasteiger partial charge >= 0.3 is 0 Å². The van der Waals surface area contributed by atoms with Crippen LogP contribution in [0.25, 0.3) is 0 Å². The molecule has 0 atom stereocenters. The maximum atomic E-state index is 5.92. The molecule has 6 nitrogen and oxygen atoms in total. The average molecular weight is 355 g/mol. The van der Waals surface area contributed by atoms with E-state index in [2.05, 4.69) is 57.5 Å². The van der Waals surface area contributed by atoms with E-state index in [-0.39, 0.29) is 5.41 Å². The first-order valence-corrected chi connectivity index (χ1v) is 9.66. The van der Waals surface area contributed by atoms with E-state index in [0.29, 0.717) is 12.0 Å². The van der Waals surface area contributed by atoms with Crippen molar-refractivity contribution in [2.24, 2.45) is 12.8 Å². The normalized spacial score (nSPS) is 25.0. The summed E-state index contributed by atoms with van der Waals surface area (Å²) < 4.78 is 7.76. The molecule has 2 aromatic rings. The molecule has 26 heavy (non-hydrogen) atoms. The summed E-state index contributed by atoms with van der Waals surface area (Å²) in [4.78, 5) is 0. The van der Waals surface area contributed by atoms with Crippen molar-refractivity contribution in [3.63, 3.8) is 0 Å². The zero-order valence-corrected chi connectivity index (χ0v) is 15.5. The van der Waals surface area contributed by atoms with Gasteiger partial charge in [-0.05, 0) is 31.2 Å². The second-order valence-electron chi connectivity index (χ2n) is 7.82. The molecule has 0 radical (unpaired) electrons. The number of rotatable bonds is 6. The fourth-order valence-corrected chi connectivity index (χ4v) is 4.29. The van der Waals surface area contributed by atoms with Gasteiger partial charge in [0.1, 0.15) is 11.6 Å². The van der Waals surface area contributed by atoms with Crippen molar-refractivity contribution in [3.05, 3.63) is 47.5 Å². The van der Waals surface area contributed by atoms with E-state index in [0.717, 1.165) is 63.6 Å². The van der Waals surface area contributed by atoms with E-state index in [1.807, 2.05) is 0 Å². The molecule has 1 aromatic heterocycles. The van der Waals surface area contributed by atoms with Crippen molar-refractivity contribution in [2.75, 3.05) is 19.8 Å². The van der Waals surface area contributed by atoms with Crippen LogP contribution in [0.2, 0.25) is 0 Å². The van der Waals surface area contributed by atoms with Crippen LogP contribution in [-0.2, 0) is 23.7 Å². The Morgan fingerprint density at radius 3 is 2.62 bits per heavy atom. The molecule has 0 bridgehead atoms. The molecule has 3 N–H and O–H groups in total. The molecule has 4 rings (SSSR count). The Balaban J connectivity index is 1.41. The minimum absolute atomic E-state index is 0.141. The Hall–Kier alpha value is -1.76. The molecule has 1 saturated carbocycles. The van der Waals surface area contributed by atoms with Crippen molar-refractivity contribution < 1.29 is 4.74 Å². The van der Waals surface area contributed by atoms with E-state index in [1.165, 1.54) is 5.56 Å². The maximum Gasteiger partial charge on any atom is 0.146 e. The molecule has 6 heteroatoms. The van der Waals surface area contributed by atoms with Crippen LogP contribution in [0.4, 0.5) is 0 Å². The first-order valence-electron chi connectivity index (χ1n) is 9.66. The molecule has 140 valence electrons. The summed E-state index contributed by atoms with van der Waals surface area (Å²) >= 11 is 0. The Morgan fingerprint density at radius 2 is 1.92 bits per heavy atom. The van der Waals surface area contributed by atoms with E-state index >= 15 is 0 Å². The molecule has 1 aromatic carbocycles. The monoisotopic (exact) mass is 355 g/mol. The molecule has 0 unspecified atom stereocenters. The second-order valence-corrected chi connectivity index (χ2v) is 7.82. The minimum atomic E-state index is 0.141. The number of nitrogens with zero attached hydrogens (tertiary/aromatic N) is 3. The molecule has 1 aliphatic carbocycles. The van der Waals surface area contributed by atoms with Gasteiger partial charge in [-0.3, -0.25) is 0 Å². The van der Waals surface area contributed by atoms with Crippen molar-refractivity contribution in [2.45, 2.75) is 49.6 Å². The first kappa shape index (κ1) is 17.6. The van der Waals surface area contributed by atoms with Gasteiger partial charge in [-0.15, -0.1) is 10.2 Å². The fourth-order valence-electron chi connectivity index (χ4n) is 4.29. The SMILES string of the molecule is Cn1c(CNCC2(c3ccccc3)CCOCC2)nnc1C1CC(N)C1. The third-order valence-corrected chi connectivity index (χ3v) is 6.12. The maximum absolute atomic E-state index is 5.92. The van der Waals surface area contributed by atoms with Crippen LogP contribution in [0, 0.1) is 0 Å². The van der Waals surface area contributed by atoms with Gasteiger partial charge in [0.15, 0.2) is 0 Å². The van der Waals surface area contributed by atoms with Crippen LogP contribution in [0.1, 0.15) is 48.8 Å². The fraction of sp³-hybridized carbons (Fsp3) is 0.600. The molecule has 0 amide bonds. The van der Waals surface area contributed by atoms with Gasteiger partial charge in [0.2, 0.25) is 0 Å². The molecule has 2 fully saturated rings. The Bertz CT molecular complexity index is 717. The van der Waals surface area contributed by atoms with Gasteiger partial charge in [0, 0.05) is 44.2 Å². The van der Waals surface area contributed by atoms with Crippen molar-refractivity contribution >= 4 is 0 Å². The third kappa shape index (κ3) is 3.41. The summed E-state index contributed by atoms with van der Waals surface area (Å²) in [6.07, 6.45) is 4.15. The number of hydrogen-bond acceptors (Lipinski definition) is 5. The second kappa shape index (κ2) is 7.47. The number of benzene rings is 1. The topological polar surface area (TPSA) is 78.0 Å². The lowest BCUT2D eigenvalue weighted by molar-refractivity contribution is 0.0497. The van der Waals surface area contributed by atoms with Gasteiger partial charge in [-0.2, -0.15) is 0 Å².